The summed E-state index contributed by atoms with van der Waals surface area (Å²) in [7, 11) is 0. The van der Waals surface area contributed by atoms with Crippen LogP contribution in [0.3, 0.4) is 0 Å². The molecule has 0 saturated carbocycles. The van der Waals surface area contributed by atoms with E-state index < -0.39 is 0 Å². The van der Waals surface area contributed by atoms with Gasteiger partial charge in [-0.1, -0.05) is 136 Å². The minimum atomic E-state index is 1.20. The standard InChI is InChI=1S/C26H44Br2/c1-3-5-7-9-11-13-15-17-19-23-21-26(28)24(22-25(23)27)20-18-16-14-12-10-8-6-4-2/h21-22H,3-20H2,1-2H3. The highest BCUT2D eigenvalue weighted by Crippen LogP contribution is 2.29. The molecule has 0 unspecified atom stereocenters. The van der Waals surface area contributed by atoms with Gasteiger partial charge in [-0.3, -0.25) is 0 Å². The van der Waals surface area contributed by atoms with Crippen LogP contribution in [0.15, 0.2) is 21.1 Å². The minimum Gasteiger partial charge on any atom is -0.0654 e. The number of aryl methyl sites for hydroxylation is 2. The van der Waals surface area contributed by atoms with Crippen molar-refractivity contribution in [2.45, 2.75) is 129 Å². The Kier molecular flexibility index (Phi) is 16.8. The van der Waals surface area contributed by atoms with Crippen LogP contribution in [-0.2, 0) is 12.8 Å². The Morgan fingerprint density at radius 3 is 1.07 bits per heavy atom. The molecule has 1 aromatic carbocycles. The largest absolute Gasteiger partial charge is 0.0654 e. The predicted molar refractivity (Wildman–Crippen MR) is 134 cm³/mol. The molecule has 1 aromatic rings. The van der Waals surface area contributed by atoms with E-state index in [-0.39, 0.29) is 0 Å². The second kappa shape index (κ2) is 18.0. The van der Waals surface area contributed by atoms with Crippen molar-refractivity contribution in [1.82, 2.24) is 0 Å². The molecule has 0 amide bonds. The first-order valence-corrected chi connectivity index (χ1v) is 13.7. The lowest BCUT2D eigenvalue weighted by molar-refractivity contribution is 0.574. The van der Waals surface area contributed by atoms with Gasteiger partial charge in [-0.2, -0.15) is 0 Å². The Morgan fingerprint density at radius 1 is 0.464 bits per heavy atom. The topological polar surface area (TPSA) is 0 Å². The van der Waals surface area contributed by atoms with Gasteiger partial charge in [0.15, 0.2) is 0 Å². The van der Waals surface area contributed by atoms with E-state index in [4.69, 9.17) is 0 Å². The number of hydrogen-bond acceptors (Lipinski definition) is 0. The van der Waals surface area contributed by atoms with E-state index in [1.54, 1.807) is 0 Å². The molecule has 0 nitrogen and oxygen atoms in total. The van der Waals surface area contributed by atoms with Crippen LogP contribution >= 0.6 is 31.9 Å². The molecule has 162 valence electrons. The second-order valence-corrected chi connectivity index (χ2v) is 10.2. The molecule has 0 aliphatic rings. The van der Waals surface area contributed by atoms with Crippen molar-refractivity contribution in [2.75, 3.05) is 0 Å². The van der Waals surface area contributed by atoms with Crippen LogP contribution in [-0.4, -0.2) is 0 Å². The van der Waals surface area contributed by atoms with E-state index in [0.29, 0.717) is 0 Å². The summed E-state index contributed by atoms with van der Waals surface area (Å²) in [6.07, 6.45) is 24.6. The van der Waals surface area contributed by atoms with Gasteiger partial charge in [-0.15, -0.1) is 0 Å². The summed E-state index contributed by atoms with van der Waals surface area (Å²) in [6.45, 7) is 4.58. The lowest BCUT2D eigenvalue weighted by atomic mass is 10.0. The zero-order valence-corrected chi connectivity index (χ0v) is 21.8. The van der Waals surface area contributed by atoms with Gasteiger partial charge in [-0.25, -0.2) is 0 Å². The number of rotatable bonds is 18. The van der Waals surface area contributed by atoms with Gasteiger partial charge in [0.25, 0.3) is 0 Å². The van der Waals surface area contributed by atoms with E-state index in [2.05, 4.69) is 57.8 Å². The lowest BCUT2D eigenvalue weighted by Gasteiger charge is -2.11. The first-order chi connectivity index (χ1) is 13.7. The van der Waals surface area contributed by atoms with Crippen LogP contribution < -0.4 is 0 Å². The third-order valence-electron chi connectivity index (χ3n) is 5.81. The number of hydrogen-bond donors (Lipinski definition) is 0. The van der Waals surface area contributed by atoms with Gasteiger partial charge in [0.05, 0.1) is 0 Å². The Morgan fingerprint density at radius 2 is 0.750 bits per heavy atom. The van der Waals surface area contributed by atoms with Crippen LogP contribution in [0, 0.1) is 0 Å². The molecule has 0 aliphatic heterocycles. The lowest BCUT2D eigenvalue weighted by Crippen LogP contribution is -1.94. The maximum absolute atomic E-state index is 3.83. The zero-order valence-electron chi connectivity index (χ0n) is 18.6. The average Bonchev–Trinajstić information content (AvgIpc) is 2.69. The number of benzene rings is 1. The summed E-state index contributed by atoms with van der Waals surface area (Å²) in [5.74, 6) is 0. The summed E-state index contributed by atoms with van der Waals surface area (Å²) in [6, 6.07) is 4.73. The maximum atomic E-state index is 3.83. The molecule has 0 fully saturated rings. The molecule has 0 N–H and O–H groups in total. The molecule has 28 heavy (non-hydrogen) atoms. The van der Waals surface area contributed by atoms with E-state index in [0.717, 1.165) is 0 Å². The minimum absolute atomic E-state index is 1.20. The van der Waals surface area contributed by atoms with Gasteiger partial charge in [0.1, 0.15) is 0 Å². The quantitative estimate of drug-likeness (QED) is 0.170. The monoisotopic (exact) mass is 514 g/mol. The molecule has 0 heterocycles. The zero-order chi connectivity index (χ0) is 20.5. The van der Waals surface area contributed by atoms with Crippen LogP contribution in [0.1, 0.15) is 128 Å². The van der Waals surface area contributed by atoms with Crippen molar-refractivity contribution in [3.63, 3.8) is 0 Å². The van der Waals surface area contributed by atoms with Crippen molar-refractivity contribution in [3.8, 4) is 0 Å². The van der Waals surface area contributed by atoms with Crippen LogP contribution in [0.25, 0.3) is 0 Å². The van der Waals surface area contributed by atoms with Crippen molar-refractivity contribution < 1.29 is 0 Å². The molecule has 0 aromatic heterocycles. The molecule has 2 heteroatoms. The van der Waals surface area contributed by atoms with E-state index in [1.807, 2.05) is 0 Å². The molecule has 0 spiro atoms. The molecule has 0 bridgehead atoms. The van der Waals surface area contributed by atoms with Crippen molar-refractivity contribution in [2.24, 2.45) is 0 Å². The number of halogens is 2. The predicted octanol–water partition coefficient (Wildman–Crippen LogP) is 10.6. The number of unbranched alkanes of at least 4 members (excludes halogenated alkanes) is 14. The van der Waals surface area contributed by atoms with Gasteiger partial charge in [0.2, 0.25) is 0 Å². The Balaban J connectivity index is 2.20. The molecule has 0 saturated heterocycles. The van der Waals surface area contributed by atoms with Crippen LogP contribution in [0.2, 0.25) is 0 Å². The van der Waals surface area contributed by atoms with Gasteiger partial charge in [-0.05, 0) is 48.9 Å². The average molecular weight is 516 g/mol. The molecular formula is C26H44Br2. The Labute approximate surface area is 192 Å². The first kappa shape index (κ1) is 26.2. The fraction of sp³-hybridized carbons (Fsp3) is 0.769. The fourth-order valence-electron chi connectivity index (χ4n) is 3.91. The third kappa shape index (κ3) is 12.7. The summed E-state index contributed by atoms with van der Waals surface area (Å²) in [5, 5.41) is 0. The van der Waals surface area contributed by atoms with E-state index in [1.165, 1.54) is 136 Å². The van der Waals surface area contributed by atoms with Gasteiger partial charge < -0.3 is 0 Å². The first-order valence-electron chi connectivity index (χ1n) is 12.2. The van der Waals surface area contributed by atoms with Crippen molar-refractivity contribution >= 4 is 31.9 Å². The Bertz CT molecular complexity index is 450. The van der Waals surface area contributed by atoms with Crippen LogP contribution in [0.5, 0.6) is 0 Å². The molecular weight excluding hydrogens is 472 g/mol. The molecule has 0 atom stereocenters. The fourth-order valence-corrected chi connectivity index (χ4v) is 5.09. The van der Waals surface area contributed by atoms with Crippen LogP contribution in [0.4, 0.5) is 0 Å². The summed E-state index contributed by atoms with van der Waals surface area (Å²) < 4.78 is 2.63. The van der Waals surface area contributed by atoms with E-state index >= 15 is 0 Å². The maximum Gasteiger partial charge on any atom is 0.0210 e. The Hall–Kier alpha value is 0.180. The summed E-state index contributed by atoms with van der Waals surface area (Å²) in [5.41, 5.74) is 2.94. The van der Waals surface area contributed by atoms with E-state index in [9.17, 15) is 0 Å². The van der Waals surface area contributed by atoms with Crippen molar-refractivity contribution in [3.05, 3.63) is 32.2 Å². The van der Waals surface area contributed by atoms with Gasteiger partial charge in [0, 0.05) is 8.95 Å². The van der Waals surface area contributed by atoms with Crippen molar-refractivity contribution in [1.29, 1.82) is 0 Å². The highest BCUT2D eigenvalue weighted by Gasteiger charge is 2.07. The third-order valence-corrected chi connectivity index (χ3v) is 7.29. The summed E-state index contributed by atoms with van der Waals surface area (Å²) >= 11 is 7.66. The second-order valence-electron chi connectivity index (χ2n) is 8.48. The normalized spacial score (nSPS) is 11.3. The smallest absolute Gasteiger partial charge is 0.0210 e. The van der Waals surface area contributed by atoms with Gasteiger partial charge >= 0.3 is 0 Å². The molecule has 0 aliphatic carbocycles. The summed E-state index contributed by atoms with van der Waals surface area (Å²) in [4.78, 5) is 0. The molecule has 0 radical (unpaired) electrons. The molecule has 1 rings (SSSR count). The highest BCUT2D eigenvalue weighted by molar-refractivity contribution is 9.11. The SMILES string of the molecule is CCCCCCCCCCc1cc(Br)c(CCCCCCCCCC)cc1Br. The highest BCUT2D eigenvalue weighted by atomic mass is 79.9.